The molecule has 0 spiro atoms. The predicted octanol–water partition coefficient (Wildman–Crippen LogP) is 5.71. The Morgan fingerprint density at radius 1 is 0.655 bits per heavy atom. The van der Waals surface area contributed by atoms with Crippen molar-refractivity contribution >= 4 is 34.4 Å². The third-order valence-electron chi connectivity index (χ3n) is 5.35. The molecule has 0 aliphatic heterocycles. The van der Waals surface area contributed by atoms with Gasteiger partial charge in [-0.05, 0) is 35.0 Å². The summed E-state index contributed by atoms with van der Waals surface area (Å²) >= 11 is 0. The van der Waals surface area contributed by atoms with Crippen molar-refractivity contribution in [3.63, 3.8) is 0 Å². The molecule has 0 radical (unpaired) electrons. The summed E-state index contributed by atoms with van der Waals surface area (Å²) < 4.78 is 0. The highest BCUT2D eigenvalue weighted by Crippen LogP contribution is 2.43. The van der Waals surface area contributed by atoms with Gasteiger partial charge in [0.2, 0.25) is 0 Å². The molecule has 0 bridgehead atoms. The fourth-order valence-corrected chi connectivity index (χ4v) is 7.67. The summed E-state index contributed by atoms with van der Waals surface area (Å²) in [6.45, 7) is 0.0743. The van der Waals surface area contributed by atoms with Crippen molar-refractivity contribution in [2.24, 2.45) is 0 Å². The van der Waals surface area contributed by atoms with Crippen molar-refractivity contribution in [2.75, 3.05) is 0 Å². The quantitative estimate of drug-likeness (QED) is 0.313. The van der Waals surface area contributed by atoms with Crippen LogP contribution in [0.2, 0.25) is 0 Å². The molecular formula is C27H31OP. The standard InChI is InChI=1S/C27H31OP/c1-2-3-4-5-9-16-24(28)23-29(25-17-10-6-11-18-25,26-19-12-7-13-20-26)27-21-14-8-15-22-27/h6-8,10-15,17-23H,2-5,9,16H2,1H3. The lowest BCUT2D eigenvalue weighted by Gasteiger charge is -2.28. The fourth-order valence-electron chi connectivity index (χ4n) is 3.84. The molecule has 0 fully saturated rings. The minimum Gasteiger partial charge on any atom is -0.295 e. The zero-order valence-electron chi connectivity index (χ0n) is 17.3. The van der Waals surface area contributed by atoms with Gasteiger partial charge in [-0.25, -0.2) is 0 Å². The summed E-state index contributed by atoms with van der Waals surface area (Å²) in [5, 5.41) is 3.70. The van der Waals surface area contributed by atoms with Crippen LogP contribution in [0, 0.1) is 0 Å². The molecule has 0 heterocycles. The normalized spacial score (nSPS) is 11.2. The number of carbonyl (C=O) groups excluding carboxylic acids is 1. The van der Waals surface area contributed by atoms with Crippen molar-refractivity contribution in [3.05, 3.63) is 91.0 Å². The van der Waals surface area contributed by atoms with Gasteiger partial charge < -0.3 is 0 Å². The maximum atomic E-state index is 13.2. The van der Waals surface area contributed by atoms with Crippen molar-refractivity contribution in [1.29, 1.82) is 0 Å². The summed E-state index contributed by atoms with van der Waals surface area (Å²) in [5.74, 6) is 2.35. The smallest absolute Gasteiger partial charge is 0.156 e. The summed E-state index contributed by atoms with van der Waals surface area (Å²) in [5.41, 5.74) is 0. The summed E-state index contributed by atoms with van der Waals surface area (Å²) in [7, 11) is 0. The summed E-state index contributed by atoms with van der Waals surface area (Å²) in [6, 6.07) is 31.7. The number of unbranched alkanes of at least 4 members (excludes halogenated alkanes) is 4. The van der Waals surface area contributed by atoms with Crippen LogP contribution in [0.1, 0.15) is 45.4 Å². The fraction of sp³-hybridized carbons (Fsp3) is 0.259. The van der Waals surface area contributed by atoms with E-state index >= 15 is 0 Å². The average Bonchev–Trinajstić information content (AvgIpc) is 2.79. The molecule has 0 N–H and O–H groups in total. The van der Waals surface area contributed by atoms with Crippen LogP contribution in [0.3, 0.4) is 0 Å². The van der Waals surface area contributed by atoms with Gasteiger partial charge in [0, 0.05) is 6.42 Å². The number of Topliss-reactive ketones (excluding diaryl/α,β-unsaturated/α-hetero) is 1. The third-order valence-corrected chi connectivity index (χ3v) is 9.37. The van der Waals surface area contributed by atoms with E-state index in [1.165, 1.54) is 35.2 Å². The highest BCUT2D eigenvalue weighted by atomic mass is 31.2. The van der Waals surface area contributed by atoms with Crippen molar-refractivity contribution in [3.8, 4) is 0 Å². The number of ketones is 1. The second-order valence-electron chi connectivity index (χ2n) is 7.49. The van der Waals surface area contributed by atoms with Gasteiger partial charge in [0.05, 0.1) is 0 Å². The molecule has 150 valence electrons. The molecule has 0 atom stereocenters. The Balaban J connectivity index is 2.09. The molecule has 0 saturated carbocycles. The number of rotatable bonds is 10. The van der Waals surface area contributed by atoms with E-state index in [1.807, 2.05) is 18.2 Å². The highest BCUT2D eigenvalue weighted by molar-refractivity contribution is 7.95. The average molecular weight is 403 g/mol. The number of carbonyl (C=O) groups is 1. The molecule has 0 aliphatic rings. The maximum Gasteiger partial charge on any atom is 0.156 e. The van der Waals surface area contributed by atoms with E-state index in [2.05, 4.69) is 85.5 Å². The molecule has 3 rings (SSSR count). The summed E-state index contributed by atoms with van der Waals surface area (Å²) in [6.07, 6.45) is 6.46. The van der Waals surface area contributed by atoms with E-state index in [0.29, 0.717) is 6.42 Å². The molecule has 0 saturated heterocycles. The van der Waals surface area contributed by atoms with Gasteiger partial charge in [-0.3, -0.25) is 4.79 Å². The van der Waals surface area contributed by atoms with Gasteiger partial charge in [-0.1, -0.05) is 124 Å². The van der Waals surface area contributed by atoms with Crippen LogP contribution >= 0.6 is 6.89 Å². The van der Waals surface area contributed by atoms with Gasteiger partial charge in [0.25, 0.3) is 0 Å². The van der Waals surface area contributed by atoms with Crippen LogP contribution < -0.4 is 15.9 Å². The first kappa shape index (κ1) is 21.3. The van der Waals surface area contributed by atoms with E-state index < -0.39 is 6.89 Å². The van der Waals surface area contributed by atoms with Crippen LogP contribution in [0.25, 0.3) is 0 Å². The highest BCUT2D eigenvalue weighted by Gasteiger charge is 2.25. The van der Waals surface area contributed by atoms with E-state index in [4.69, 9.17) is 0 Å². The second-order valence-corrected chi connectivity index (χ2v) is 10.7. The Hall–Kier alpha value is -2.37. The van der Waals surface area contributed by atoms with E-state index in [-0.39, 0.29) is 5.78 Å². The van der Waals surface area contributed by atoms with Crippen LogP contribution in [-0.2, 0) is 4.79 Å². The lowest BCUT2D eigenvalue weighted by molar-refractivity contribution is -0.112. The van der Waals surface area contributed by atoms with Crippen LogP contribution in [0.15, 0.2) is 91.0 Å². The minimum atomic E-state index is -2.15. The Morgan fingerprint density at radius 3 is 1.48 bits per heavy atom. The van der Waals surface area contributed by atoms with Gasteiger partial charge in [-0.15, -0.1) is 0 Å². The van der Waals surface area contributed by atoms with Crippen molar-refractivity contribution < 1.29 is 4.79 Å². The first-order valence-electron chi connectivity index (χ1n) is 10.7. The Morgan fingerprint density at radius 2 is 1.07 bits per heavy atom. The molecule has 0 aliphatic carbocycles. The number of hydrogen-bond donors (Lipinski definition) is 0. The molecule has 0 aromatic heterocycles. The zero-order chi connectivity index (χ0) is 20.4. The topological polar surface area (TPSA) is 17.1 Å². The Labute approximate surface area is 175 Å². The van der Waals surface area contributed by atoms with Crippen molar-refractivity contribution in [1.82, 2.24) is 0 Å². The van der Waals surface area contributed by atoms with Crippen LogP contribution in [-0.4, -0.2) is 11.6 Å². The van der Waals surface area contributed by atoms with Gasteiger partial charge in [-0.2, -0.15) is 0 Å². The zero-order valence-corrected chi connectivity index (χ0v) is 18.2. The number of benzene rings is 3. The third kappa shape index (κ3) is 5.37. The molecule has 2 heteroatoms. The van der Waals surface area contributed by atoms with Gasteiger partial charge in [0.1, 0.15) is 0 Å². The van der Waals surface area contributed by atoms with Gasteiger partial charge in [0.15, 0.2) is 5.78 Å². The monoisotopic (exact) mass is 402 g/mol. The van der Waals surface area contributed by atoms with Gasteiger partial charge >= 0.3 is 0 Å². The molecule has 3 aromatic carbocycles. The Kier molecular flexibility index (Phi) is 8.08. The minimum absolute atomic E-state index is 0.270. The second kappa shape index (κ2) is 11.0. The SMILES string of the molecule is CCCCCCCC(=O)C=P(c1ccccc1)(c1ccccc1)c1ccccc1. The van der Waals surface area contributed by atoms with E-state index in [0.717, 1.165) is 12.8 Å². The predicted molar refractivity (Wildman–Crippen MR) is 130 cm³/mol. The Bertz CT molecular complexity index is 827. The first-order chi connectivity index (χ1) is 14.3. The molecule has 0 unspecified atom stereocenters. The van der Waals surface area contributed by atoms with Crippen LogP contribution in [0.4, 0.5) is 0 Å². The van der Waals surface area contributed by atoms with E-state index in [9.17, 15) is 4.79 Å². The molecule has 29 heavy (non-hydrogen) atoms. The summed E-state index contributed by atoms with van der Waals surface area (Å²) in [4.78, 5) is 13.2. The largest absolute Gasteiger partial charge is 0.295 e. The first-order valence-corrected chi connectivity index (χ1v) is 12.6. The van der Waals surface area contributed by atoms with Crippen molar-refractivity contribution in [2.45, 2.75) is 45.4 Å². The van der Waals surface area contributed by atoms with E-state index in [1.54, 1.807) is 0 Å². The maximum absolute atomic E-state index is 13.2. The number of hydrogen-bond acceptors (Lipinski definition) is 1. The van der Waals surface area contributed by atoms with Crippen LogP contribution in [0.5, 0.6) is 0 Å². The molecular weight excluding hydrogens is 371 g/mol. The lowest BCUT2D eigenvalue weighted by atomic mass is 10.1. The molecule has 0 amide bonds. The lowest BCUT2D eigenvalue weighted by Crippen LogP contribution is -2.28. The molecule has 1 nitrogen and oxygen atoms in total. The molecule has 3 aromatic rings.